The van der Waals surface area contributed by atoms with E-state index in [2.05, 4.69) is 10.5 Å². The van der Waals surface area contributed by atoms with Crippen LogP contribution in [-0.4, -0.2) is 25.8 Å². The van der Waals surface area contributed by atoms with Gasteiger partial charge in [0.25, 0.3) is 0 Å². The van der Waals surface area contributed by atoms with Gasteiger partial charge < -0.3 is 9.47 Å². The number of rotatable bonds is 5. The van der Waals surface area contributed by atoms with Crippen LogP contribution in [-0.2, 0) is 11.2 Å². The molecule has 0 heterocycles. The number of hydrogen-bond donors (Lipinski definition) is 1. The van der Waals surface area contributed by atoms with Crippen LogP contribution in [0.3, 0.4) is 0 Å². The molecule has 0 aliphatic carbocycles. The first-order chi connectivity index (χ1) is 8.56. The van der Waals surface area contributed by atoms with Crippen LogP contribution in [0.1, 0.15) is 19.4 Å². The zero-order valence-electron chi connectivity index (χ0n) is 11.1. The highest BCUT2D eigenvalue weighted by Gasteiger charge is 2.07. The Hall–Kier alpha value is -2.04. The molecule has 0 atom stereocenters. The standard InChI is InChI=1S/C13H18N2O3/c1-9(2)14-15-13(16)8-10-5-6-11(17-3)12(7-10)18-4/h5-7H,8H2,1-4H3,(H,15,16). The molecule has 98 valence electrons. The Morgan fingerprint density at radius 3 is 2.44 bits per heavy atom. The maximum Gasteiger partial charge on any atom is 0.244 e. The first-order valence-electron chi connectivity index (χ1n) is 5.57. The molecule has 0 saturated heterocycles. The molecule has 0 saturated carbocycles. The van der Waals surface area contributed by atoms with Gasteiger partial charge in [-0.05, 0) is 31.5 Å². The lowest BCUT2D eigenvalue weighted by Gasteiger charge is -2.09. The molecule has 0 aromatic heterocycles. The van der Waals surface area contributed by atoms with Crippen molar-refractivity contribution in [1.82, 2.24) is 5.43 Å². The number of hydrogen-bond acceptors (Lipinski definition) is 4. The molecule has 1 N–H and O–H groups in total. The Morgan fingerprint density at radius 1 is 1.22 bits per heavy atom. The predicted octanol–water partition coefficient (Wildman–Crippen LogP) is 1.76. The maximum absolute atomic E-state index is 11.6. The summed E-state index contributed by atoms with van der Waals surface area (Å²) in [5, 5.41) is 3.86. The minimum Gasteiger partial charge on any atom is -0.493 e. The van der Waals surface area contributed by atoms with Gasteiger partial charge in [0.05, 0.1) is 20.6 Å². The van der Waals surface area contributed by atoms with E-state index in [0.717, 1.165) is 11.3 Å². The van der Waals surface area contributed by atoms with Gasteiger partial charge in [-0.1, -0.05) is 6.07 Å². The number of benzene rings is 1. The van der Waals surface area contributed by atoms with Crippen molar-refractivity contribution in [3.63, 3.8) is 0 Å². The van der Waals surface area contributed by atoms with Gasteiger partial charge in [0.1, 0.15) is 0 Å². The highest BCUT2D eigenvalue weighted by atomic mass is 16.5. The van der Waals surface area contributed by atoms with Gasteiger partial charge in [-0.15, -0.1) is 0 Å². The number of amides is 1. The van der Waals surface area contributed by atoms with Crippen molar-refractivity contribution in [1.29, 1.82) is 0 Å². The van der Waals surface area contributed by atoms with Crippen LogP contribution in [0.5, 0.6) is 11.5 Å². The molecule has 1 amide bonds. The van der Waals surface area contributed by atoms with E-state index < -0.39 is 0 Å². The molecule has 0 spiro atoms. The minimum absolute atomic E-state index is 0.164. The molecule has 1 aromatic rings. The van der Waals surface area contributed by atoms with Crippen LogP contribution in [0.2, 0.25) is 0 Å². The summed E-state index contributed by atoms with van der Waals surface area (Å²) < 4.78 is 10.3. The summed E-state index contributed by atoms with van der Waals surface area (Å²) in [4.78, 5) is 11.6. The fraction of sp³-hybridized carbons (Fsp3) is 0.385. The molecule has 0 fully saturated rings. The number of methoxy groups -OCH3 is 2. The van der Waals surface area contributed by atoms with E-state index in [0.29, 0.717) is 11.5 Å². The molecular weight excluding hydrogens is 232 g/mol. The molecule has 0 aliphatic rings. The van der Waals surface area contributed by atoms with Gasteiger partial charge in [-0.3, -0.25) is 4.79 Å². The van der Waals surface area contributed by atoms with Crippen molar-refractivity contribution < 1.29 is 14.3 Å². The summed E-state index contributed by atoms with van der Waals surface area (Å²) in [5.41, 5.74) is 4.12. The van der Waals surface area contributed by atoms with Crippen LogP contribution in [0.15, 0.2) is 23.3 Å². The van der Waals surface area contributed by atoms with Crippen molar-refractivity contribution in [2.24, 2.45) is 5.10 Å². The highest BCUT2D eigenvalue weighted by Crippen LogP contribution is 2.27. The lowest BCUT2D eigenvalue weighted by Crippen LogP contribution is -2.20. The first kappa shape index (κ1) is 14.0. The van der Waals surface area contributed by atoms with E-state index in [4.69, 9.17) is 9.47 Å². The molecular formula is C13H18N2O3. The largest absolute Gasteiger partial charge is 0.493 e. The molecule has 1 rings (SSSR count). The number of nitrogens with one attached hydrogen (secondary N) is 1. The van der Waals surface area contributed by atoms with Crippen LogP contribution in [0, 0.1) is 0 Å². The fourth-order valence-electron chi connectivity index (χ4n) is 1.39. The monoisotopic (exact) mass is 250 g/mol. The Bertz CT molecular complexity index is 452. The quantitative estimate of drug-likeness (QED) is 0.640. The summed E-state index contributed by atoms with van der Waals surface area (Å²) >= 11 is 0. The zero-order valence-corrected chi connectivity index (χ0v) is 11.1. The topological polar surface area (TPSA) is 59.9 Å². The second-order valence-corrected chi connectivity index (χ2v) is 3.96. The highest BCUT2D eigenvalue weighted by molar-refractivity contribution is 5.83. The first-order valence-corrected chi connectivity index (χ1v) is 5.57. The summed E-state index contributed by atoms with van der Waals surface area (Å²) in [6.07, 6.45) is 0.247. The van der Waals surface area contributed by atoms with E-state index in [1.165, 1.54) is 0 Å². The van der Waals surface area contributed by atoms with Crippen LogP contribution in [0.4, 0.5) is 0 Å². The third-order valence-corrected chi connectivity index (χ3v) is 2.22. The maximum atomic E-state index is 11.6. The van der Waals surface area contributed by atoms with Gasteiger partial charge in [0.15, 0.2) is 11.5 Å². The predicted molar refractivity (Wildman–Crippen MR) is 70.2 cm³/mol. The number of carbonyl (C=O) groups is 1. The number of hydrazone groups is 1. The minimum atomic E-state index is -0.164. The van der Waals surface area contributed by atoms with E-state index in [1.54, 1.807) is 26.4 Å². The molecule has 18 heavy (non-hydrogen) atoms. The molecule has 0 aliphatic heterocycles. The van der Waals surface area contributed by atoms with Crippen molar-refractivity contribution >= 4 is 11.6 Å². The Morgan fingerprint density at radius 2 is 1.89 bits per heavy atom. The van der Waals surface area contributed by atoms with Gasteiger partial charge in [-0.25, -0.2) is 5.43 Å². The van der Waals surface area contributed by atoms with E-state index in [1.807, 2.05) is 19.9 Å². The van der Waals surface area contributed by atoms with Crippen molar-refractivity contribution in [3.05, 3.63) is 23.8 Å². The van der Waals surface area contributed by atoms with Crippen molar-refractivity contribution in [2.75, 3.05) is 14.2 Å². The molecule has 0 radical (unpaired) electrons. The second kappa shape index (κ2) is 6.64. The van der Waals surface area contributed by atoms with Gasteiger partial charge in [-0.2, -0.15) is 5.10 Å². The van der Waals surface area contributed by atoms with Crippen LogP contribution in [0.25, 0.3) is 0 Å². The number of ether oxygens (including phenoxy) is 2. The third-order valence-electron chi connectivity index (χ3n) is 2.22. The fourth-order valence-corrected chi connectivity index (χ4v) is 1.39. The van der Waals surface area contributed by atoms with E-state index in [9.17, 15) is 4.79 Å². The van der Waals surface area contributed by atoms with Gasteiger partial charge in [0, 0.05) is 5.71 Å². The zero-order chi connectivity index (χ0) is 13.5. The summed E-state index contributed by atoms with van der Waals surface area (Å²) in [5.74, 6) is 1.09. The molecule has 0 unspecified atom stereocenters. The van der Waals surface area contributed by atoms with Gasteiger partial charge in [0.2, 0.25) is 5.91 Å². The SMILES string of the molecule is COc1ccc(CC(=O)NN=C(C)C)cc1OC. The average Bonchev–Trinajstić information content (AvgIpc) is 2.36. The Balaban J connectivity index is 2.73. The lowest BCUT2D eigenvalue weighted by molar-refractivity contribution is -0.120. The van der Waals surface area contributed by atoms with Crippen molar-refractivity contribution in [2.45, 2.75) is 20.3 Å². The van der Waals surface area contributed by atoms with Crippen LogP contribution < -0.4 is 14.9 Å². The number of nitrogens with zero attached hydrogens (tertiary/aromatic N) is 1. The lowest BCUT2D eigenvalue weighted by atomic mass is 10.1. The summed E-state index contributed by atoms with van der Waals surface area (Å²) in [6.45, 7) is 3.63. The molecule has 5 heteroatoms. The van der Waals surface area contributed by atoms with E-state index >= 15 is 0 Å². The average molecular weight is 250 g/mol. The third kappa shape index (κ3) is 4.08. The smallest absolute Gasteiger partial charge is 0.244 e. The molecule has 0 bridgehead atoms. The van der Waals surface area contributed by atoms with Crippen LogP contribution >= 0.6 is 0 Å². The second-order valence-electron chi connectivity index (χ2n) is 3.96. The normalized spacial score (nSPS) is 9.56. The summed E-state index contributed by atoms with van der Waals surface area (Å²) in [6, 6.07) is 5.38. The molecule has 5 nitrogen and oxygen atoms in total. The summed E-state index contributed by atoms with van der Waals surface area (Å²) in [7, 11) is 3.13. The Kier molecular flexibility index (Phi) is 5.17. The van der Waals surface area contributed by atoms with E-state index in [-0.39, 0.29) is 12.3 Å². The number of carbonyl (C=O) groups excluding carboxylic acids is 1. The Labute approximate surface area is 107 Å². The van der Waals surface area contributed by atoms with Crippen molar-refractivity contribution in [3.8, 4) is 11.5 Å². The van der Waals surface area contributed by atoms with Gasteiger partial charge >= 0.3 is 0 Å². The molecule has 1 aromatic carbocycles.